The minimum atomic E-state index is -2.48. The van der Waals surface area contributed by atoms with E-state index in [1.807, 2.05) is 32.9 Å². The Morgan fingerprint density at radius 3 is 2.06 bits per heavy atom. The fraction of sp³-hybridized carbons (Fsp3) is 0.440. The molecule has 0 aromatic heterocycles. The van der Waals surface area contributed by atoms with Gasteiger partial charge in [0, 0.05) is 18.9 Å². The van der Waals surface area contributed by atoms with Crippen LogP contribution in [0.2, 0.25) is 0 Å². The van der Waals surface area contributed by atoms with Crippen molar-refractivity contribution in [3.8, 4) is 11.5 Å². The Labute approximate surface area is 184 Å². The van der Waals surface area contributed by atoms with Crippen molar-refractivity contribution in [3.05, 3.63) is 58.1 Å². The number of hydrogen-bond donors (Lipinski definition) is 0. The molecular weight excluding hydrogens is 411 g/mol. The molecule has 164 valence electrons. The molecular formula is C25H30O5P+. The van der Waals surface area contributed by atoms with Crippen LogP contribution in [0.25, 0.3) is 0 Å². The molecule has 1 fully saturated rings. The van der Waals surface area contributed by atoms with Crippen molar-refractivity contribution >= 4 is 19.1 Å². The first-order valence-electron chi connectivity index (χ1n) is 10.6. The summed E-state index contributed by atoms with van der Waals surface area (Å²) < 4.78 is 24.5. The van der Waals surface area contributed by atoms with Gasteiger partial charge in [-0.05, 0) is 56.9 Å². The van der Waals surface area contributed by atoms with Crippen LogP contribution in [0.4, 0.5) is 0 Å². The van der Waals surface area contributed by atoms with Crippen molar-refractivity contribution in [2.45, 2.75) is 58.0 Å². The summed E-state index contributed by atoms with van der Waals surface area (Å²) in [5.74, 6) is 0.661. The molecule has 3 rings (SSSR count). The maximum absolute atomic E-state index is 13.9. The lowest BCUT2D eigenvalue weighted by atomic mass is 9.82. The second kappa shape index (κ2) is 9.32. The van der Waals surface area contributed by atoms with Gasteiger partial charge in [-0.2, -0.15) is 0 Å². The summed E-state index contributed by atoms with van der Waals surface area (Å²) in [7, 11) is 0.552. The van der Waals surface area contributed by atoms with Crippen LogP contribution < -0.4 is 9.47 Å². The first-order valence-corrected chi connectivity index (χ1v) is 11.9. The van der Waals surface area contributed by atoms with Gasteiger partial charge in [0.15, 0.2) is 0 Å². The molecule has 1 aliphatic rings. The lowest BCUT2D eigenvalue weighted by Gasteiger charge is -2.27. The molecule has 1 unspecified atom stereocenters. The molecule has 0 spiro atoms. The van der Waals surface area contributed by atoms with Gasteiger partial charge in [-0.15, -0.1) is 0 Å². The number of rotatable bonds is 7. The predicted molar refractivity (Wildman–Crippen MR) is 122 cm³/mol. The van der Waals surface area contributed by atoms with Gasteiger partial charge in [-0.1, -0.05) is 28.7 Å². The third kappa shape index (κ3) is 4.29. The predicted octanol–water partition coefficient (Wildman–Crippen LogP) is 6.18. The quantitative estimate of drug-likeness (QED) is 0.379. The highest BCUT2D eigenvalue weighted by atomic mass is 31.1. The van der Waals surface area contributed by atoms with E-state index < -0.39 is 18.5 Å². The molecule has 0 heterocycles. The van der Waals surface area contributed by atoms with Gasteiger partial charge in [0.1, 0.15) is 11.5 Å². The van der Waals surface area contributed by atoms with Crippen LogP contribution in [-0.4, -0.2) is 30.7 Å². The molecule has 0 aliphatic heterocycles. The van der Waals surface area contributed by atoms with E-state index in [0.717, 1.165) is 36.0 Å². The number of aryl methyl sites for hydroxylation is 3. The van der Waals surface area contributed by atoms with Crippen molar-refractivity contribution in [1.82, 2.24) is 0 Å². The van der Waals surface area contributed by atoms with Crippen LogP contribution in [0.3, 0.4) is 0 Å². The van der Waals surface area contributed by atoms with Gasteiger partial charge in [0.05, 0.1) is 25.3 Å². The molecule has 2 aromatic rings. The van der Waals surface area contributed by atoms with E-state index in [1.54, 1.807) is 25.3 Å². The summed E-state index contributed by atoms with van der Waals surface area (Å²) in [6.45, 7) is 5.69. The second-order valence-corrected chi connectivity index (χ2v) is 10.2. The Bertz CT molecular complexity index is 1010. The standard InChI is InChI=1S/C25H30O5P/c1-16-13-17(2)22(18(3)14-16)24(27)31(28)25(11-7-6-8-12-25)23(26)20-10-9-19(29-4)15-21(20)30-5/h9-10,13-15H,6-8,11-12H2,1-5H3/q+1. The number of carbonyl (C=O) groups excluding carboxylic acids is 2. The third-order valence-electron chi connectivity index (χ3n) is 6.22. The summed E-state index contributed by atoms with van der Waals surface area (Å²) in [6.07, 6.45) is 3.38. The number of methoxy groups -OCH3 is 2. The second-order valence-electron chi connectivity index (χ2n) is 8.36. The fourth-order valence-electron chi connectivity index (χ4n) is 4.71. The number of hydrogen-bond acceptors (Lipinski definition) is 5. The van der Waals surface area contributed by atoms with Gasteiger partial charge in [0.25, 0.3) is 0 Å². The topological polar surface area (TPSA) is 69.7 Å². The Hall–Kier alpha value is -2.52. The zero-order valence-electron chi connectivity index (χ0n) is 18.9. The van der Waals surface area contributed by atoms with Crippen molar-refractivity contribution in [2.24, 2.45) is 0 Å². The largest absolute Gasteiger partial charge is 0.497 e. The van der Waals surface area contributed by atoms with E-state index in [2.05, 4.69) is 0 Å². The highest BCUT2D eigenvalue weighted by molar-refractivity contribution is 7.67. The van der Waals surface area contributed by atoms with E-state index in [-0.39, 0.29) is 5.78 Å². The number of ketones is 1. The van der Waals surface area contributed by atoms with Gasteiger partial charge >= 0.3 is 13.3 Å². The summed E-state index contributed by atoms with van der Waals surface area (Å²) >= 11 is 0. The molecule has 2 aromatic carbocycles. The van der Waals surface area contributed by atoms with Crippen LogP contribution in [0, 0.1) is 20.8 Å². The van der Waals surface area contributed by atoms with Gasteiger partial charge in [0.2, 0.25) is 10.9 Å². The van der Waals surface area contributed by atoms with E-state index in [4.69, 9.17) is 9.47 Å². The lowest BCUT2D eigenvalue weighted by molar-refractivity contribution is 0.0900. The Morgan fingerprint density at radius 2 is 1.52 bits per heavy atom. The van der Waals surface area contributed by atoms with Gasteiger partial charge < -0.3 is 9.47 Å². The first-order chi connectivity index (χ1) is 14.7. The zero-order valence-corrected chi connectivity index (χ0v) is 19.8. The number of benzene rings is 2. The maximum Gasteiger partial charge on any atom is 0.434 e. The normalized spacial score (nSPS) is 15.8. The van der Waals surface area contributed by atoms with Crippen LogP contribution in [0.1, 0.15) is 69.5 Å². The molecule has 0 bridgehead atoms. The van der Waals surface area contributed by atoms with Gasteiger partial charge in [-0.25, -0.2) is 4.79 Å². The fourth-order valence-corrected chi connectivity index (χ4v) is 6.68. The molecule has 0 N–H and O–H groups in total. The number of ether oxygens (including phenoxy) is 2. The molecule has 31 heavy (non-hydrogen) atoms. The smallest absolute Gasteiger partial charge is 0.434 e. The van der Waals surface area contributed by atoms with Crippen LogP contribution in [-0.2, 0) is 4.57 Å². The highest BCUT2D eigenvalue weighted by Gasteiger charge is 2.60. The molecule has 6 heteroatoms. The highest BCUT2D eigenvalue weighted by Crippen LogP contribution is 2.53. The number of carbonyl (C=O) groups is 2. The zero-order chi connectivity index (χ0) is 22.8. The summed E-state index contributed by atoms with van der Waals surface area (Å²) in [6, 6.07) is 8.82. The van der Waals surface area contributed by atoms with Crippen LogP contribution >= 0.6 is 7.80 Å². The van der Waals surface area contributed by atoms with E-state index in [9.17, 15) is 14.2 Å². The van der Waals surface area contributed by atoms with E-state index >= 15 is 0 Å². The maximum atomic E-state index is 13.9. The molecule has 1 saturated carbocycles. The lowest BCUT2D eigenvalue weighted by Crippen LogP contribution is -2.39. The van der Waals surface area contributed by atoms with Crippen molar-refractivity contribution in [3.63, 3.8) is 0 Å². The Kier molecular flexibility index (Phi) is 6.96. The molecule has 5 nitrogen and oxygen atoms in total. The van der Waals surface area contributed by atoms with E-state index in [1.165, 1.54) is 7.11 Å². The minimum absolute atomic E-state index is 0.274. The molecule has 0 radical (unpaired) electrons. The Morgan fingerprint density at radius 1 is 0.903 bits per heavy atom. The third-order valence-corrected chi connectivity index (χ3v) is 8.24. The Balaban J connectivity index is 2.08. The van der Waals surface area contributed by atoms with E-state index in [0.29, 0.717) is 35.5 Å². The van der Waals surface area contributed by atoms with Crippen LogP contribution in [0.5, 0.6) is 11.5 Å². The molecule has 1 aliphatic carbocycles. The van der Waals surface area contributed by atoms with Crippen molar-refractivity contribution < 1.29 is 23.6 Å². The number of Topliss-reactive ketones (excluding diaryl/α,β-unsaturated/α-hetero) is 1. The summed E-state index contributed by atoms with van der Waals surface area (Å²) in [5.41, 5.74) is 3.04. The molecule has 0 amide bonds. The minimum Gasteiger partial charge on any atom is -0.497 e. The van der Waals surface area contributed by atoms with Crippen LogP contribution in [0.15, 0.2) is 30.3 Å². The molecule has 0 saturated heterocycles. The van der Waals surface area contributed by atoms with Crippen molar-refractivity contribution in [2.75, 3.05) is 14.2 Å². The SMILES string of the molecule is COc1ccc(C(=O)C2([P+](=O)C(=O)c3c(C)cc(C)cc3C)CCCCC2)c(OC)c1. The monoisotopic (exact) mass is 441 g/mol. The van der Waals surface area contributed by atoms with Gasteiger partial charge in [-0.3, -0.25) is 4.79 Å². The molecule has 1 atom stereocenters. The average molecular weight is 441 g/mol. The summed E-state index contributed by atoms with van der Waals surface area (Å²) in [4.78, 5) is 27.4. The average Bonchev–Trinajstić information content (AvgIpc) is 2.77. The summed E-state index contributed by atoms with van der Waals surface area (Å²) in [5, 5.41) is -1.21. The van der Waals surface area contributed by atoms with Crippen molar-refractivity contribution in [1.29, 1.82) is 0 Å². The first kappa shape index (κ1) is 23.1.